The van der Waals surface area contributed by atoms with Crippen molar-refractivity contribution in [3.05, 3.63) is 48.6 Å². The van der Waals surface area contributed by atoms with Gasteiger partial charge in [-0.25, -0.2) is 0 Å². The zero-order valence-electron chi connectivity index (χ0n) is 22.1. The van der Waals surface area contributed by atoms with Crippen LogP contribution in [0.15, 0.2) is 48.6 Å². The highest BCUT2D eigenvalue weighted by Gasteiger charge is 2.70. The van der Waals surface area contributed by atoms with E-state index in [0.29, 0.717) is 39.0 Å². The maximum atomic E-state index is 14.4. The minimum atomic E-state index is -0.855. The molecule has 5 rings (SSSR count). The van der Waals surface area contributed by atoms with E-state index in [4.69, 9.17) is 4.74 Å². The quantitative estimate of drug-likeness (QED) is 0.309. The highest BCUT2D eigenvalue weighted by Crippen LogP contribution is 2.60. The van der Waals surface area contributed by atoms with Crippen LogP contribution in [0.1, 0.15) is 33.1 Å². The van der Waals surface area contributed by atoms with Gasteiger partial charge in [-0.1, -0.05) is 24.3 Å². The Balaban J connectivity index is 1.53. The topological polar surface area (TPSA) is 90.4 Å². The smallest absolute Gasteiger partial charge is 0.311 e. The minimum Gasteiger partial charge on any atom is -0.465 e. The lowest BCUT2D eigenvalue weighted by Gasteiger charge is -2.35. The van der Waals surface area contributed by atoms with Crippen molar-refractivity contribution in [2.45, 2.75) is 49.1 Å². The third kappa shape index (κ3) is 4.43. The third-order valence-corrected chi connectivity index (χ3v) is 9.96. The summed E-state index contributed by atoms with van der Waals surface area (Å²) in [6, 6.07) is 7.28. The Morgan fingerprint density at radius 2 is 1.84 bits per heavy atom. The number of esters is 1. The lowest BCUT2D eigenvalue weighted by atomic mass is 9.78. The van der Waals surface area contributed by atoms with Crippen molar-refractivity contribution >= 4 is 40.9 Å². The first kappa shape index (κ1) is 26.8. The number of thioether (sulfide) groups is 1. The van der Waals surface area contributed by atoms with E-state index in [1.165, 1.54) is 0 Å². The van der Waals surface area contributed by atoms with Crippen LogP contribution in [0.2, 0.25) is 0 Å². The summed E-state index contributed by atoms with van der Waals surface area (Å²) in [5.74, 6) is -1.96. The highest BCUT2D eigenvalue weighted by atomic mass is 32.2. The molecule has 0 aliphatic carbocycles. The number of unbranched alkanes of at least 4 members (excludes halogenated alkanes) is 1. The minimum absolute atomic E-state index is 0.0245. The Morgan fingerprint density at radius 3 is 2.55 bits per heavy atom. The van der Waals surface area contributed by atoms with Crippen LogP contribution in [0.3, 0.4) is 0 Å². The van der Waals surface area contributed by atoms with E-state index < -0.39 is 22.6 Å². The monoisotopic (exact) mass is 539 g/mol. The second-order valence-corrected chi connectivity index (χ2v) is 11.7. The number of hydrogen-bond donors (Lipinski definition) is 1. The van der Waals surface area contributed by atoms with Gasteiger partial charge in [0, 0.05) is 49.4 Å². The molecule has 5 atom stereocenters. The van der Waals surface area contributed by atoms with Crippen LogP contribution in [0.25, 0.3) is 0 Å². The van der Waals surface area contributed by atoms with Gasteiger partial charge in [-0.3, -0.25) is 14.4 Å². The number of fused-ring (bicyclic) bond motifs is 2. The molecule has 4 aliphatic rings. The summed E-state index contributed by atoms with van der Waals surface area (Å²) in [6.07, 6.45) is 9.80. The molecule has 1 N–H and O–H groups in total. The van der Waals surface area contributed by atoms with Crippen LogP contribution < -0.4 is 9.80 Å². The van der Waals surface area contributed by atoms with Crippen LogP contribution in [-0.4, -0.2) is 83.2 Å². The predicted molar refractivity (Wildman–Crippen MR) is 149 cm³/mol. The molecule has 0 bridgehead atoms. The van der Waals surface area contributed by atoms with E-state index >= 15 is 0 Å². The van der Waals surface area contributed by atoms with Crippen LogP contribution in [-0.2, 0) is 19.1 Å². The van der Waals surface area contributed by atoms with Gasteiger partial charge in [-0.2, -0.15) is 0 Å². The van der Waals surface area contributed by atoms with Gasteiger partial charge in [0.1, 0.15) is 6.04 Å². The number of nitrogens with zero attached hydrogens (tertiary/aromatic N) is 3. The molecule has 0 aromatic heterocycles. The van der Waals surface area contributed by atoms with Crippen LogP contribution in [0, 0.1) is 11.8 Å². The van der Waals surface area contributed by atoms with E-state index in [1.807, 2.05) is 48.6 Å². The first-order valence-electron chi connectivity index (χ1n) is 13.7. The van der Waals surface area contributed by atoms with Crippen molar-refractivity contribution < 1.29 is 24.2 Å². The molecule has 0 radical (unpaired) electrons. The summed E-state index contributed by atoms with van der Waals surface area (Å²) < 4.78 is 4.68. The Hall–Kier alpha value is -2.78. The van der Waals surface area contributed by atoms with Gasteiger partial charge in [-0.05, 0) is 57.4 Å². The molecule has 8 nitrogen and oxygen atoms in total. The SMILES string of the molecule is CCN(CC)c1ccc(N2CC=C[C@]34S[C@@H]5C=CCCOC(=O)[C@@H]5[C@H]3C(=O)N(CCCCO)C4C2=O)cc1. The van der Waals surface area contributed by atoms with Crippen molar-refractivity contribution in [1.82, 2.24) is 4.90 Å². The summed E-state index contributed by atoms with van der Waals surface area (Å²) in [5.41, 5.74) is 1.88. The number of aliphatic hydroxyl groups excluding tert-OH is 1. The summed E-state index contributed by atoms with van der Waals surface area (Å²) in [6.45, 7) is 7.10. The number of rotatable bonds is 8. The number of cyclic esters (lactones) is 1. The summed E-state index contributed by atoms with van der Waals surface area (Å²) in [5, 5.41) is 9.14. The Kier molecular flexibility index (Phi) is 7.86. The number of ether oxygens (including phenoxy) is 1. The van der Waals surface area contributed by atoms with Crippen LogP contribution in [0.5, 0.6) is 0 Å². The molecule has 1 aromatic carbocycles. The maximum absolute atomic E-state index is 14.4. The molecule has 204 valence electrons. The van der Waals surface area contributed by atoms with Crippen molar-refractivity contribution in [2.75, 3.05) is 49.2 Å². The summed E-state index contributed by atoms with van der Waals surface area (Å²) in [4.78, 5) is 47.3. The fraction of sp³-hybridized carbons (Fsp3) is 0.552. The fourth-order valence-electron chi connectivity index (χ4n) is 6.40. The summed E-state index contributed by atoms with van der Waals surface area (Å²) >= 11 is 1.56. The standard InChI is InChI=1S/C29H37N3O5S/c1-3-30(4-2)20-11-13-21(14-12-20)31-17-9-15-29-24(23-22(38-29)10-5-8-19-37-28(23)36)26(34)32(16-6-7-18-33)25(29)27(31)35/h5,9-15,22-25,33H,3-4,6-8,16-19H2,1-2H3/t22-,23+,24+,25?,29+/m1/s1. The maximum Gasteiger partial charge on any atom is 0.311 e. The zero-order valence-corrected chi connectivity index (χ0v) is 22.9. The molecule has 38 heavy (non-hydrogen) atoms. The predicted octanol–water partition coefficient (Wildman–Crippen LogP) is 3.01. The number of likely N-dealkylation sites (tertiary alicyclic amines) is 1. The molecular formula is C29H37N3O5S. The molecular weight excluding hydrogens is 502 g/mol. The average molecular weight is 540 g/mol. The fourth-order valence-corrected chi connectivity index (χ4v) is 8.41. The molecule has 2 fully saturated rings. The Morgan fingerprint density at radius 1 is 1.08 bits per heavy atom. The molecule has 1 aromatic rings. The van der Waals surface area contributed by atoms with Gasteiger partial charge in [-0.15, -0.1) is 11.8 Å². The number of hydrogen-bond acceptors (Lipinski definition) is 7. The van der Waals surface area contributed by atoms with Crippen LogP contribution >= 0.6 is 11.8 Å². The van der Waals surface area contributed by atoms with Crippen molar-refractivity contribution in [3.8, 4) is 0 Å². The van der Waals surface area contributed by atoms with Gasteiger partial charge < -0.3 is 24.5 Å². The van der Waals surface area contributed by atoms with Gasteiger partial charge >= 0.3 is 5.97 Å². The molecule has 2 amide bonds. The molecule has 2 saturated heterocycles. The molecule has 1 unspecified atom stereocenters. The molecule has 1 spiro atoms. The van der Waals surface area contributed by atoms with E-state index in [9.17, 15) is 19.5 Å². The molecule has 4 heterocycles. The first-order valence-corrected chi connectivity index (χ1v) is 14.6. The van der Waals surface area contributed by atoms with Gasteiger partial charge in [0.25, 0.3) is 5.91 Å². The Bertz CT molecular complexity index is 1120. The first-order chi connectivity index (χ1) is 18.5. The third-order valence-electron chi connectivity index (χ3n) is 8.22. The molecule has 4 aliphatic heterocycles. The van der Waals surface area contributed by atoms with Gasteiger partial charge in [0.2, 0.25) is 5.91 Å². The number of anilines is 2. The second-order valence-electron chi connectivity index (χ2n) is 10.2. The molecule has 0 saturated carbocycles. The largest absolute Gasteiger partial charge is 0.465 e. The van der Waals surface area contributed by atoms with E-state index in [2.05, 4.69) is 18.7 Å². The number of benzene rings is 1. The number of aliphatic hydroxyl groups is 1. The Labute approximate surface area is 228 Å². The number of carbonyl (C=O) groups excluding carboxylic acids is 3. The summed E-state index contributed by atoms with van der Waals surface area (Å²) in [7, 11) is 0. The molecule has 9 heteroatoms. The van der Waals surface area contributed by atoms with E-state index in [1.54, 1.807) is 21.6 Å². The highest BCUT2D eigenvalue weighted by molar-refractivity contribution is 8.02. The van der Waals surface area contributed by atoms with Gasteiger partial charge in [0.05, 0.1) is 23.2 Å². The van der Waals surface area contributed by atoms with E-state index in [0.717, 1.165) is 24.5 Å². The lowest BCUT2D eigenvalue weighted by molar-refractivity contribution is -0.153. The normalized spacial score (nSPS) is 30.3. The average Bonchev–Trinajstić information content (AvgIpc) is 3.28. The van der Waals surface area contributed by atoms with E-state index in [-0.39, 0.29) is 29.6 Å². The van der Waals surface area contributed by atoms with Crippen molar-refractivity contribution in [1.29, 1.82) is 0 Å². The van der Waals surface area contributed by atoms with Crippen molar-refractivity contribution in [3.63, 3.8) is 0 Å². The lowest BCUT2D eigenvalue weighted by Crippen LogP contribution is -2.53. The van der Waals surface area contributed by atoms with Crippen molar-refractivity contribution in [2.24, 2.45) is 11.8 Å². The zero-order chi connectivity index (χ0) is 26.9. The number of carbonyl (C=O) groups is 3. The second kappa shape index (κ2) is 11.1. The van der Waals surface area contributed by atoms with Crippen LogP contribution in [0.4, 0.5) is 11.4 Å². The number of amides is 2. The van der Waals surface area contributed by atoms with Gasteiger partial charge in [0.15, 0.2) is 0 Å².